The van der Waals surface area contributed by atoms with E-state index >= 15 is 0 Å². The Morgan fingerprint density at radius 1 is 1.18 bits per heavy atom. The summed E-state index contributed by atoms with van der Waals surface area (Å²) in [6.45, 7) is 4.78. The van der Waals surface area contributed by atoms with Crippen molar-refractivity contribution < 1.29 is 19.5 Å². The van der Waals surface area contributed by atoms with Crippen LogP contribution in [0.2, 0.25) is 0 Å². The second kappa shape index (κ2) is 8.61. The smallest absolute Gasteiger partial charge is 0.326 e. The molecule has 2 atom stereocenters. The summed E-state index contributed by atoms with van der Waals surface area (Å²) in [6, 6.07) is 7.29. The van der Waals surface area contributed by atoms with Gasteiger partial charge in [0.15, 0.2) is 0 Å². The Morgan fingerprint density at radius 2 is 1.82 bits per heavy atom. The fraction of sp³-hybridized carbons (Fsp3) is 0.312. The van der Waals surface area contributed by atoms with Crippen molar-refractivity contribution in [2.75, 3.05) is 0 Å². The van der Waals surface area contributed by atoms with Crippen molar-refractivity contribution in [3.63, 3.8) is 0 Å². The Morgan fingerprint density at radius 3 is 2.32 bits per heavy atom. The van der Waals surface area contributed by atoms with Crippen LogP contribution in [0, 0.1) is 0 Å². The Kier molecular flexibility index (Phi) is 6.82. The zero-order chi connectivity index (χ0) is 16.5. The van der Waals surface area contributed by atoms with Gasteiger partial charge < -0.3 is 15.7 Å². The van der Waals surface area contributed by atoms with Crippen LogP contribution in [0.1, 0.15) is 18.9 Å². The summed E-state index contributed by atoms with van der Waals surface area (Å²) in [6.07, 6.45) is 1.82. The van der Waals surface area contributed by atoms with E-state index in [0.717, 1.165) is 5.56 Å². The van der Waals surface area contributed by atoms with Gasteiger partial charge in [0.2, 0.25) is 11.8 Å². The van der Waals surface area contributed by atoms with Crippen LogP contribution in [0.4, 0.5) is 0 Å². The zero-order valence-electron chi connectivity index (χ0n) is 12.4. The topological polar surface area (TPSA) is 95.5 Å². The summed E-state index contributed by atoms with van der Waals surface area (Å²) in [7, 11) is 0. The van der Waals surface area contributed by atoms with Crippen molar-refractivity contribution in [3.8, 4) is 0 Å². The average molecular weight is 304 g/mol. The molecular formula is C16H20N2O4. The predicted octanol–water partition coefficient (Wildman–Crippen LogP) is 0.879. The molecule has 6 heteroatoms. The maximum Gasteiger partial charge on any atom is 0.326 e. The Hall–Kier alpha value is -2.63. The summed E-state index contributed by atoms with van der Waals surface area (Å²) >= 11 is 0. The van der Waals surface area contributed by atoms with Gasteiger partial charge in [-0.3, -0.25) is 9.59 Å². The molecule has 0 saturated carbocycles. The van der Waals surface area contributed by atoms with Gasteiger partial charge in [-0.05, 0) is 12.0 Å². The van der Waals surface area contributed by atoms with Gasteiger partial charge in [-0.1, -0.05) is 36.4 Å². The standard InChI is InChI=1S/C16H20N2O4/c1-3-7-13(16(21)22)18-15(20)14(17-11(2)19)10-12-8-5-4-6-9-12/h3-6,8-9,13-14H,1,7,10H2,2H3,(H,17,19)(H,18,20)(H,21,22)/t13-,14+/m0/s1. The minimum Gasteiger partial charge on any atom is -0.480 e. The van der Waals surface area contributed by atoms with Gasteiger partial charge in [0.1, 0.15) is 12.1 Å². The number of nitrogens with one attached hydrogen (secondary N) is 2. The Balaban J connectivity index is 2.81. The van der Waals surface area contributed by atoms with E-state index in [-0.39, 0.29) is 18.7 Å². The number of hydrogen-bond donors (Lipinski definition) is 3. The van der Waals surface area contributed by atoms with Crippen molar-refractivity contribution in [1.29, 1.82) is 0 Å². The van der Waals surface area contributed by atoms with E-state index in [1.165, 1.54) is 13.0 Å². The van der Waals surface area contributed by atoms with E-state index in [4.69, 9.17) is 5.11 Å². The maximum atomic E-state index is 12.2. The molecule has 1 aromatic carbocycles. The third-order valence-corrected chi connectivity index (χ3v) is 2.99. The molecule has 0 aromatic heterocycles. The molecule has 0 radical (unpaired) electrons. The predicted molar refractivity (Wildman–Crippen MR) is 82.1 cm³/mol. The van der Waals surface area contributed by atoms with E-state index in [2.05, 4.69) is 17.2 Å². The second-order valence-electron chi connectivity index (χ2n) is 4.87. The van der Waals surface area contributed by atoms with Crippen LogP contribution in [0.25, 0.3) is 0 Å². The zero-order valence-corrected chi connectivity index (χ0v) is 12.4. The Labute approximate surface area is 129 Å². The Bertz CT molecular complexity index is 542. The highest BCUT2D eigenvalue weighted by Crippen LogP contribution is 2.05. The minimum absolute atomic E-state index is 0.110. The summed E-state index contributed by atoms with van der Waals surface area (Å²) in [5, 5.41) is 14.0. The lowest BCUT2D eigenvalue weighted by molar-refractivity contribution is -0.142. The van der Waals surface area contributed by atoms with Crippen LogP contribution >= 0.6 is 0 Å². The number of aliphatic carboxylic acids is 1. The summed E-state index contributed by atoms with van der Waals surface area (Å²) in [5.41, 5.74) is 0.868. The monoisotopic (exact) mass is 304 g/mol. The van der Waals surface area contributed by atoms with Crippen molar-refractivity contribution in [3.05, 3.63) is 48.6 Å². The quantitative estimate of drug-likeness (QED) is 0.621. The molecule has 118 valence electrons. The average Bonchev–Trinajstić information content (AvgIpc) is 2.46. The van der Waals surface area contributed by atoms with Crippen LogP contribution in [-0.4, -0.2) is 35.0 Å². The van der Waals surface area contributed by atoms with Gasteiger partial charge in [0, 0.05) is 13.3 Å². The van der Waals surface area contributed by atoms with Crippen LogP contribution in [-0.2, 0) is 20.8 Å². The van der Waals surface area contributed by atoms with E-state index < -0.39 is 24.0 Å². The maximum absolute atomic E-state index is 12.2. The minimum atomic E-state index is -1.14. The van der Waals surface area contributed by atoms with Crippen molar-refractivity contribution in [2.24, 2.45) is 0 Å². The molecule has 2 amide bonds. The SMILES string of the molecule is C=CC[C@H](NC(=O)[C@@H](Cc1ccccc1)NC(C)=O)C(=O)O. The first-order chi connectivity index (χ1) is 10.4. The first-order valence-electron chi connectivity index (χ1n) is 6.89. The van der Waals surface area contributed by atoms with E-state index in [9.17, 15) is 14.4 Å². The van der Waals surface area contributed by atoms with E-state index in [0.29, 0.717) is 0 Å². The second-order valence-corrected chi connectivity index (χ2v) is 4.87. The molecule has 1 aromatic rings. The first-order valence-corrected chi connectivity index (χ1v) is 6.89. The molecule has 0 aliphatic heterocycles. The number of carboxylic acid groups (broad SMARTS) is 1. The van der Waals surface area contributed by atoms with Gasteiger partial charge in [-0.2, -0.15) is 0 Å². The fourth-order valence-electron chi connectivity index (χ4n) is 1.96. The van der Waals surface area contributed by atoms with Gasteiger partial charge in [-0.25, -0.2) is 4.79 Å². The van der Waals surface area contributed by atoms with E-state index in [1.54, 1.807) is 0 Å². The van der Waals surface area contributed by atoms with Crippen LogP contribution in [0.5, 0.6) is 0 Å². The van der Waals surface area contributed by atoms with Crippen LogP contribution in [0.3, 0.4) is 0 Å². The van der Waals surface area contributed by atoms with Crippen molar-refractivity contribution >= 4 is 17.8 Å². The number of carbonyl (C=O) groups is 3. The van der Waals surface area contributed by atoms with Crippen molar-refractivity contribution in [1.82, 2.24) is 10.6 Å². The number of carboxylic acids is 1. The molecule has 0 spiro atoms. The van der Waals surface area contributed by atoms with Gasteiger partial charge in [-0.15, -0.1) is 6.58 Å². The van der Waals surface area contributed by atoms with Crippen LogP contribution < -0.4 is 10.6 Å². The lowest BCUT2D eigenvalue weighted by Crippen LogP contribution is -2.52. The summed E-state index contributed by atoms with van der Waals surface area (Å²) in [5.74, 6) is -2.03. The third-order valence-electron chi connectivity index (χ3n) is 2.99. The molecular weight excluding hydrogens is 284 g/mol. The molecule has 0 bridgehead atoms. The lowest BCUT2D eigenvalue weighted by Gasteiger charge is -2.20. The highest BCUT2D eigenvalue weighted by atomic mass is 16.4. The number of rotatable bonds is 8. The molecule has 0 saturated heterocycles. The van der Waals surface area contributed by atoms with Crippen LogP contribution in [0.15, 0.2) is 43.0 Å². The number of amides is 2. The van der Waals surface area contributed by atoms with Gasteiger partial charge in [0.05, 0.1) is 0 Å². The number of benzene rings is 1. The first kappa shape index (κ1) is 17.4. The lowest BCUT2D eigenvalue weighted by atomic mass is 10.0. The molecule has 6 nitrogen and oxygen atoms in total. The molecule has 0 aliphatic carbocycles. The van der Waals surface area contributed by atoms with Crippen molar-refractivity contribution in [2.45, 2.75) is 31.8 Å². The molecule has 0 fully saturated rings. The van der Waals surface area contributed by atoms with Gasteiger partial charge >= 0.3 is 5.97 Å². The number of hydrogen-bond acceptors (Lipinski definition) is 3. The molecule has 22 heavy (non-hydrogen) atoms. The normalized spacial score (nSPS) is 12.8. The molecule has 0 unspecified atom stereocenters. The number of carbonyl (C=O) groups excluding carboxylic acids is 2. The highest BCUT2D eigenvalue weighted by Gasteiger charge is 2.25. The molecule has 0 aliphatic rings. The third kappa shape index (κ3) is 5.78. The van der Waals surface area contributed by atoms with Gasteiger partial charge in [0.25, 0.3) is 0 Å². The summed E-state index contributed by atoms with van der Waals surface area (Å²) < 4.78 is 0. The largest absolute Gasteiger partial charge is 0.480 e. The summed E-state index contributed by atoms with van der Waals surface area (Å²) in [4.78, 5) is 34.6. The van der Waals surface area contributed by atoms with E-state index in [1.807, 2.05) is 30.3 Å². The molecule has 1 rings (SSSR count). The molecule has 0 heterocycles. The fourth-order valence-corrected chi connectivity index (χ4v) is 1.96. The molecule has 3 N–H and O–H groups in total. The highest BCUT2D eigenvalue weighted by molar-refractivity contribution is 5.90.